The van der Waals surface area contributed by atoms with E-state index >= 15 is 0 Å². The minimum atomic E-state index is -0.775. The number of ether oxygens (including phenoxy) is 1. The maximum absolute atomic E-state index is 13.1. The van der Waals surface area contributed by atoms with Gasteiger partial charge in [0.25, 0.3) is 0 Å². The van der Waals surface area contributed by atoms with Crippen molar-refractivity contribution in [2.45, 2.75) is 12.3 Å². The third kappa shape index (κ3) is 6.80. The lowest BCUT2D eigenvalue weighted by Gasteiger charge is -2.15. The van der Waals surface area contributed by atoms with E-state index in [2.05, 4.69) is 20.3 Å². The highest BCUT2D eigenvalue weighted by molar-refractivity contribution is 5.87. The molecule has 0 radical (unpaired) electrons. The lowest BCUT2D eigenvalue weighted by molar-refractivity contribution is 0.160. The summed E-state index contributed by atoms with van der Waals surface area (Å²) < 4.78 is 32.5. The number of carbonyl (C=O) groups is 1. The molecule has 1 aliphatic heterocycles. The highest BCUT2D eigenvalue weighted by Crippen LogP contribution is 2.27. The number of aryl methyl sites for hydroxylation is 1. The maximum Gasteiger partial charge on any atom is 0.317 e. The van der Waals surface area contributed by atoms with Gasteiger partial charge >= 0.3 is 6.03 Å². The fraction of sp³-hybridized carbons (Fsp3) is 0.348. The van der Waals surface area contributed by atoms with Crippen molar-refractivity contribution in [1.82, 2.24) is 19.7 Å². The van der Waals surface area contributed by atoms with Crippen LogP contribution in [0.4, 0.5) is 19.4 Å². The number of amides is 2. The van der Waals surface area contributed by atoms with Crippen molar-refractivity contribution in [3.63, 3.8) is 0 Å². The fourth-order valence-corrected chi connectivity index (χ4v) is 3.67. The number of hydrogen-bond donors (Lipinski definition) is 2. The number of nitrogens with two attached hydrogens (primary N) is 1. The van der Waals surface area contributed by atoms with Crippen molar-refractivity contribution in [3.8, 4) is 11.3 Å². The van der Waals surface area contributed by atoms with E-state index < -0.39 is 17.7 Å². The van der Waals surface area contributed by atoms with E-state index in [-0.39, 0.29) is 0 Å². The number of anilines is 1. The van der Waals surface area contributed by atoms with Gasteiger partial charge in [0.2, 0.25) is 0 Å². The Labute approximate surface area is 191 Å². The van der Waals surface area contributed by atoms with Crippen LogP contribution in [-0.4, -0.2) is 59.0 Å². The van der Waals surface area contributed by atoms with E-state index in [1.165, 1.54) is 12.1 Å². The van der Waals surface area contributed by atoms with Gasteiger partial charge in [-0.25, -0.2) is 13.6 Å². The van der Waals surface area contributed by atoms with Crippen LogP contribution < -0.4 is 11.1 Å². The maximum atomic E-state index is 13.1. The Morgan fingerprint density at radius 2 is 1.97 bits per heavy atom. The summed E-state index contributed by atoms with van der Waals surface area (Å²) in [7, 11) is 3.42. The molecule has 3 heterocycles. The number of pyridine rings is 1. The second kappa shape index (κ2) is 11.5. The molecule has 0 spiro atoms. The van der Waals surface area contributed by atoms with E-state index in [1.807, 2.05) is 12.1 Å². The molecule has 0 bridgehead atoms. The number of carbonyl (C=O) groups excluding carboxylic acids is 1. The lowest BCUT2D eigenvalue weighted by Crippen LogP contribution is -2.24. The Bertz CT molecular complexity index is 1060. The number of nitrogens with one attached hydrogen (secondary N) is 1. The summed E-state index contributed by atoms with van der Waals surface area (Å²) in [5.74, 6) is -0.665. The third-order valence-electron chi connectivity index (χ3n) is 5.41. The van der Waals surface area contributed by atoms with Gasteiger partial charge in [0.1, 0.15) is 5.82 Å². The molecule has 0 saturated carbocycles. The van der Waals surface area contributed by atoms with Gasteiger partial charge in [0.15, 0.2) is 11.6 Å². The first kappa shape index (κ1) is 24.3. The van der Waals surface area contributed by atoms with Gasteiger partial charge in [-0.2, -0.15) is 5.10 Å². The molecule has 1 saturated heterocycles. The van der Waals surface area contributed by atoms with Crippen molar-refractivity contribution >= 4 is 11.8 Å². The van der Waals surface area contributed by atoms with E-state index in [0.29, 0.717) is 18.3 Å². The molecule has 1 aliphatic rings. The summed E-state index contributed by atoms with van der Waals surface area (Å²) in [6.45, 7) is 3.50. The Hall–Kier alpha value is -3.37. The number of hydrogen-bond acceptors (Lipinski definition) is 5. The predicted molar refractivity (Wildman–Crippen MR) is 122 cm³/mol. The molecular weight excluding hydrogens is 430 g/mol. The van der Waals surface area contributed by atoms with Gasteiger partial charge in [0.05, 0.1) is 12.3 Å². The van der Waals surface area contributed by atoms with Crippen LogP contribution in [0.3, 0.4) is 0 Å². The molecule has 3 aromatic rings. The van der Waals surface area contributed by atoms with Crippen molar-refractivity contribution in [2.24, 2.45) is 12.8 Å². The van der Waals surface area contributed by atoms with E-state index in [4.69, 9.17) is 10.5 Å². The number of halogens is 2. The number of nitrogens with zero attached hydrogens (tertiary/aromatic N) is 4. The first-order valence-electron chi connectivity index (χ1n) is 10.5. The van der Waals surface area contributed by atoms with Gasteiger partial charge in [-0.1, -0.05) is 6.07 Å². The van der Waals surface area contributed by atoms with Crippen molar-refractivity contribution < 1.29 is 18.3 Å². The third-order valence-corrected chi connectivity index (χ3v) is 5.41. The largest absolute Gasteiger partial charge is 0.383 e. The zero-order valence-corrected chi connectivity index (χ0v) is 18.7. The second-order valence-corrected chi connectivity index (χ2v) is 7.72. The number of rotatable bonds is 6. The molecule has 1 aromatic carbocycles. The number of methoxy groups -OCH3 is 1. The minimum absolute atomic E-state index is 0.307. The van der Waals surface area contributed by atoms with Gasteiger partial charge in [-0.3, -0.25) is 15.0 Å². The van der Waals surface area contributed by atoms with Crippen LogP contribution in [0.5, 0.6) is 0 Å². The molecular formula is C23H28F2N6O2. The monoisotopic (exact) mass is 458 g/mol. The standard InChI is InChI=1S/C13H17F2NO.C10H11N5O/c1-17-7-6-16-5-4-11(9-16)10-2-3-12(14)13(15)8-10;1-15-9(13-10(11)16)6-8(14-15)7-2-4-12-5-3-7/h2-3,8,11H,4-7,9H2,1H3;2-6H,1H3,(H3,11,13,16). The Morgan fingerprint density at radius 3 is 2.64 bits per heavy atom. The van der Waals surface area contributed by atoms with Crippen LogP contribution in [0, 0.1) is 11.6 Å². The van der Waals surface area contributed by atoms with Crippen LogP contribution in [-0.2, 0) is 11.8 Å². The number of urea groups is 1. The molecule has 2 amide bonds. The van der Waals surface area contributed by atoms with Crippen LogP contribution in [0.2, 0.25) is 0 Å². The molecule has 176 valence electrons. The summed E-state index contributed by atoms with van der Waals surface area (Å²) in [5, 5.41) is 6.74. The van der Waals surface area contributed by atoms with Crippen LogP contribution >= 0.6 is 0 Å². The fourth-order valence-electron chi connectivity index (χ4n) is 3.67. The smallest absolute Gasteiger partial charge is 0.317 e. The van der Waals surface area contributed by atoms with Crippen molar-refractivity contribution in [3.05, 3.63) is 66.0 Å². The SMILES string of the molecule is COCCN1CCC(c2ccc(F)c(F)c2)C1.Cn1nc(-c2ccncc2)cc1NC(N)=O. The number of likely N-dealkylation sites (tertiary alicyclic amines) is 1. The van der Waals surface area contributed by atoms with Crippen molar-refractivity contribution in [1.29, 1.82) is 0 Å². The average molecular weight is 459 g/mol. The van der Waals surface area contributed by atoms with Crippen LogP contribution in [0.15, 0.2) is 48.8 Å². The van der Waals surface area contributed by atoms with Gasteiger partial charge < -0.3 is 15.4 Å². The summed E-state index contributed by atoms with van der Waals surface area (Å²) in [6, 6.07) is 9.04. The highest BCUT2D eigenvalue weighted by atomic mass is 19.2. The molecule has 1 atom stereocenters. The molecule has 1 unspecified atom stereocenters. The molecule has 4 rings (SSSR count). The molecule has 0 aliphatic carbocycles. The Kier molecular flexibility index (Phi) is 8.45. The topological polar surface area (TPSA) is 98.3 Å². The predicted octanol–water partition coefficient (Wildman–Crippen LogP) is 3.37. The number of aromatic nitrogens is 3. The molecule has 2 aromatic heterocycles. The van der Waals surface area contributed by atoms with Crippen LogP contribution in [0.25, 0.3) is 11.3 Å². The summed E-state index contributed by atoms with van der Waals surface area (Å²) in [6.07, 6.45) is 4.37. The molecule has 1 fully saturated rings. The Morgan fingerprint density at radius 1 is 1.21 bits per heavy atom. The van der Waals surface area contributed by atoms with Crippen LogP contribution in [0.1, 0.15) is 17.9 Å². The van der Waals surface area contributed by atoms with E-state index in [0.717, 1.165) is 42.9 Å². The van der Waals surface area contributed by atoms with Crippen molar-refractivity contribution in [2.75, 3.05) is 38.7 Å². The summed E-state index contributed by atoms with van der Waals surface area (Å²) in [5.41, 5.74) is 7.62. The molecule has 3 N–H and O–H groups in total. The first-order chi connectivity index (χ1) is 15.9. The van der Waals surface area contributed by atoms with E-state index in [1.54, 1.807) is 43.4 Å². The highest BCUT2D eigenvalue weighted by Gasteiger charge is 2.24. The zero-order chi connectivity index (χ0) is 23.8. The summed E-state index contributed by atoms with van der Waals surface area (Å²) in [4.78, 5) is 16.9. The molecule has 8 nitrogen and oxygen atoms in total. The first-order valence-corrected chi connectivity index (χ1v) is 10.5. The molecule has 33 heavy (non-hydrogen) atoms. The van der Waals surface area contributed by atoms with Gasteiger partial charge in [-0.15, -0.1) is 0 Å². The number of benzene rings is 1. The lowest BCUT2D eigenvalue weighted by atomic mass is 9.98. The normalized spacial score (nSPS) is 15.7. The summed E-state index contributed by atoms with van der Waals surface area (Å²) >= 11 is 0. The minimum Gasteiger partial charge on any atom is -0.383 e. The van der Waals surface area contributed by atoms with Gasteiger partial charge in [0, 0.05) is 51.3 Å². The molecule has 10 heteroatoms. The van der Waals surface area contributed by atoms with Gasteiger partial charge in [-0.05, 0) is 48.7 Å². The zero-order valence-electron chi connectivity index (χ0n) is 18.7. The number of primary amides is 1. The Balaban J connectivity index is 0.000000186. The quantitative estimate of drug-likeness (QED) is 0.590. The van der Waals surface area contributed by atoms with E-state index in [9.17, 15) is 13.6 Å². The second-order valence-electron chi connectivity index (χ2n) is 7.72. The average Bonchev–Trinajstić information content (AvgIpc) is 3.42.